The first-order valence-electron chi connectivity index (χ1n) is 8.22. The number of amides is 2. The lowest BCUT2D eigenvalue weighted by Crippen LogP contribution is -2.34. The molecule has 0 radical (unpaired) electrons. The summed E-state index contributed by atoms with van der Waals surface area (Å²) in [5.41, 5.74) is 2.67. The topological polar surface area (TPSA) is 72.5 Å². The average Bonchev–Trinajstić information content (AvgIpc) is 3.27. The van der Waals surface area contributed by atoms with Crippen LogP contribution in [-0.4, -0.2) is 41.0 Å². The van der Waals surface area contributed by atoms with E-state index in [4.69, 9.17) is 9.15 Å². The Balaban J connectivity index is 1.73. The van der Waals surface area contributed by atoms with Gasteiger partial charge in [-0.1, -0.05) is 0 Å². The molecular formula is C18H22N4O3. The average molecular weight is 342 g/mol. The molecule has 2 amide bonds. The van der Waals surface area contributed by atoms with Gasteiger partial charge in [0.05, 0.1) is 43.9 Å². The lowest BCUT2D eigenvalue weighted by atomic mass is 10.2. The van der Waals surface area contributed by atoms with Crippen molar-refractivity contribution in [1.29, 1.82) is 0 Å². The van der Waals surface area contributed by atoms with E-state index in [1.165, 1.54) is 0 Å². The molecule has 7 nitrogen and oxygen atoms in total. The number of anilines is 1. The van der Waals surface area contributed by atoms with Gasteiger partial charge in [0.15, 0.2) is 0 Å². The minimum Gasteiger partial charge on any atom is -0.472 e. The first-order valence-corrected chi connectivity index (χ1v) is 8.22. The van der Waals surface area contributed by atoms with Gasteiger partial charge in [-0.2, -0.15) is 5.10 Å². The van der Waals surface area contributed by atoms with Gasteiger partial charge < -0.3 is 19.4 Å². The van der Waals surface area contributed by atoms with Crippen molar-refractivity contribution < 1.29 is 13.9 Å². The molecule has 0 saturated heterocycles. The van der Waals surface area contributed by atoms with E-state index in [1.54, 1.807) is 24.5 Å². The van der Waals surface area contributed by atoms with Crippen LogP contribution in [0.4, 0.5) is 10.5 Å². The molecule has 25 heavy (non-hydrogen) atoms. The number of carbonyl (C=O) groups excluding carboxylic acids is 1. The summed E-state index contributed by atoms with van der Waals surface area (Å²) in [7, 11) is 1.66. The fraction of sp³-hybridized carbons (Fsp3) is 0.333. The number of carbonyl (C=O) groups is 1. The second-order valence-electron chi connectivity index (χ2n) is 5.71. The smallest absolute Gasteiger partial charge is 0.322 e. The van der Waals surface area contributed by atoms with Gasteiger partial charge >= 0.3 is 6.03 Å². The summed E-state index contributed by atoms with van der Waals surface area (Å²) < 4.78 is 12.0. The number of ether oxygens (including phenoxy) is 1. The van der Waals surface area contributed by atoms with Crippen molar-refractivity contribution in [1.82, 2.24) is 14.7 Å². The lowest BCUT2D eigenvalue weighted by Gasteiger charge is -2.20. The van der Waals surface area contributed by atoms with Gasteiger partial charge in [-0.05, 0) is 31.2 Å². The van der Waals surface area contributed by atoms with Crippen molar-refractivity contribution in [2.75, 3.05) is 25.6 Å². The first-order chi connectivity index (χ1) is 12.2. The van der Waals surface area contributed by atoms with Gasteiger partial charge in [-0.15, -0.1) is 0 Å². The minimum absolute atomic E-state index is 0.147. The van der Waals surface area contributed by atoms with E-state index in [0.29, 0.717) is 26.2 Å². The molecule has 1 N–H and O–H groups in total. The highest BCUT2D eigenvalue weighted by atomic mass is 16.5. The van der Waals surface area contributed by atoms with Crippen LogP contribution >= 0.6 is 0 Å². The maximum absolute atomic E-state index is 12.5. The highest BCUT2D eigenvalue weighted by molar-refractivity contribution is 5.92. The maximum Gasteiger partial charge on any atom is 0.322 e. The van der Waals surface area contributed by atoms with E-state index in [9.17, 15) is 4.79 Å². The summed E-state index contributed by atoms with van der Waals surface area (Å²) >= 11 is 0. The molecule has 1 aromatic carbocycles. The van der Waals surface area contributed by atoms with Crippen molar-refractivity contribution in [3.8, 4) is 0 Å². The Bertz CT molecular complexity index is 826. The van der Waals surface area contributed by atoms with E-state index in [0.717, 1.165) is 22.2 Å². The van der Waals surface area contributed by atoms with Crippen molar-refractivity contribution in [3.63, 3.8) is 0 Å². The maximum atomic E-state index is 12.5. The summed E-state index contributed by atoms with van der Waals surface area (Å²) in [5.74, 6) is 0. The fourth-order valence-electron chi connectivity index (χ4n) is 2.64. The third kappa shape index (κ3) is 4.00. The van der Waals surface area contributed by atoms with Crippen LogP contribution in [0.25, 0.3) is 10.9 Å². The molecule has 0 fully saturated rings. The van der Waals surface area contributed by atoms with Gasteiger partial charge in [-0.3, -0.25) is 4.68 Å². The Labute approximate surface area is 146 Å². The summed E-state index contributed by atoms with van der Waals surface area (Å²) in [6.07, 6.45) is 5.07. The third-order valence-electron chi connectivity index (χ3n) is 4.03. The number of furan rings is 1. The molecule has 3 aromatic rings. The van der Waals surface area contributed by atoms with E-state index in [-0.39, 0.29) is 6.03 Å². The summed E-state index contributed by atoms with van der Waals surface area (Å²) in [6.45, 7) is 4.31. The Morgan fingerprint density at radius 1 is 1.40 bits per heavy atom. The number of rotatable bonds is 7. The molecule has 0 aliphatic heterocycles. The second kappa shape index (κ2) is 7.85. The molecule has 7 heteroatoms. The van der Waals surface area contributed by atoms with Crippen LogP contribution in [0.3, 0.4) is 0 Å². The van der Waals surface area contributed by atoms with Gasteiger partial charge in [0.25, 0.3) is 0 Å². The van der Waals surface area contributed by atoms with Crippen molar-refractivity contribution in [2.24, 2.45) is 0 Å². The Hall–Kier alpha value is -2.80. The molecule has 2 aromatic heterocycles. The Kier molecular flexibility index (Phi) is 5.35. The van der Waals surface area contributed by atoms with Crippen molar-refractivity contribution in [2.45, 2.75) is 20.0 Å². The first kappa shape index (κ1) is 17.0. The number of hydrogen-bond donors (Lipinski definition) is 1. The quantitative estimate of drug-likeness (QED) is 0.715. The molecular weight excluding hydrogens is 320 g/mol. The normalized spacial score (nSPS) is 11.0. The summed E-state index contributed by atoms with van der Waals surface area (Å²) in [6, 6.07) is 7.48. The zero-order valence-electron chi connectivity index (χ0n) is 14.4. The highest BCUT2D eigenvalue weighted by Gasteiger charge is 2.13. The number of fused-ring (bicyclic) bond motifs is 1. The van der Waals surface area contributed by atoms with Crippen LogP contribution < -0.4 is 5.32 Å². The molecule has 132 valence electrons. The summed E-state index contributed by atoms with van der Waals surface area (Å²) in [5, 5.41) is 8.34. The zero-order valence-corrected chi connectivity index (χ0v) is 14.4. The molecule has 0 spiro atoms. The molecule has 2 heterocycles. The minimum atomic E-state index is -0.147. The van der Waals surface area contributed by atoms with Gasteiger partial charge in [0, 0.05) is 30.3 Å². The van der Waals surface area contributed by atoms with Crippen molar-refractivity contribution in [3.05, 3.63) is 48.6 Å². The predicted octanol–water partition coefficient (Wildman–Crippen LogP) is 3.33. The van der Waals surface area contributed by atoms with Crippen LogP contribution in [0.1, 0.15) is 12.5 Å². The predicted molar refractivity (Wildman–Crippen MR) is 95.4 cm³/mol. The Morgan fingerprint density at radius 2 is 2.28 bits per heavy atom. The number of nitrogens with one attached hydrogen (secondary N) is 1. The molecule has 0 saturated carbocycles. The van der Waals surface area contributed by atoms with Crippen LogP contribution in [0.5, 0.6) is 0 Å². The number of methoxy groups -OCH3 is 1. The van der Waals surface area contributed by atoms with Crippen LogP contribution in [0, 0.1) is 0 Å². The van der Waals surface area contributed by atoms with Crippen LogP contribution in [0.2, 0.25) is 0 Å². The van der Waals surface area contributed by atoms with Crippen molar-refractivity contribution >= 4 is 22.6 Å². The van der Waals surface area contributed by atoms with Crippen LogP contribution in [-0.2, 0) is 17.8 Å². The number of urea groups is 1. The lowest BCUT2D eigenvalue weighted by molar-refractivity contribution is 0.185. The second-order valence-corrected chi connectivity index (χ2v) is 5.71. The van der Waals surface area contributed by atoms with Gasteiger partial charge in [0.2, 0.25) is 0 Å². The monoisotopic (exact) mass is 342 g/mol. The molecule has 0 atom stereocenters. The number of nitrogens with zero attached hydrogens (tertiary/aromatic N) is 3. The third-order valence-corrected chi connectivity index (χ3v) is 4.03. The number of aromatic nitrogens is 2. The molecule has 0 aliphatic carbocycles. The van der Waals surface area contributed by atoms with Gasteiger partial charge in [0.1, 0.15) is 0 Å². The largest absolute Gasteiger partial charge is 0.472 e. The van der Waals surface area contributed by atoms with Crippen LogP contribution in [0.15, 0.2) is 47.4 Å². The standard InChI is InChI=1S/C18H22N4O3/c1-3-21(12-14-6-8-25-13-14)18(23)20-16-5-4-15-11-19-22(7-9-24-2)17(15)10-16/h4-6,8,10-11,13H,3,7,9,12H2,1-2H3,(H,20,23). The van der Waals surface area contributed by atoms with Gasteiger partial charge in [-0.25, -0.2) is 4.79 Å². The molecule has 0 bridgehead atoms. The fourth-order valence-corrected chi connectivity index (χ4v) is 2.64. The van der Waals surface area contributed by atoms with E-state index >= 15 is 0 Å². The van der Waals surface area contributed by atoms with E-state index in [1.807, 2.05) is 42.1 Å². The zero-order chi connectivity index (χ0) is 17.6. The van der Waals surface area contributed by atoms with E-state index in [2.05, 4.69) is 10.4 Å². The van der Waals surface area contributed by atoms with E-state index < -0.39 is 0 Å². The number of hydrogen-bond acceptors (Lipinski definition) is 4. The molecule has 0 aliphatic rings. The Morgan fingerprint density at radius 3 is 3.00 bits per heavy atom. The molecule has 0 unspecified atom stereocenters. The highest BCUT2D eigenvalue weighted by Crippen LogP contribution is 2.20. The number of benzene rings is 1. The molecule has 3 rings (SSSR count). The SMILES string of the molecule is CCN(Cc1ccoc1)C(=O)Nc1ccc2cnn(CCOC)c2c1. The summed E-state index contributed by atoms with van der Waals surface area (Å²) in [4.78, 5) is 14.3.